The summed E-state index contributed by atoms with van der Waals surface area (Å²) >= 11 is 0. The van der Waals surface area contributed by atoms with Gasteiger partial charge in [0.15, 0.2) is 0 Å². The number of hydrogen-bond acceptors (Lipinski definition) is 4. The Morgan fingerprint density at radius 2 is 1.70 bits per heavy atom. The molecule has 0 saturated heterocycles. The summed E-state index contributed by atoms with van der Waals surface area (Å²) < 4.78 is 29.5. The molecule has 0 aliphatic carbocycles. The maximum Gasteiger partial charge on any atom is 0.265 e. The second kappa shape index (κ2) is 8.14. The molecule has 0 aliphatic heterocycles. The third-order valence-corrected chi connectivity index (χ3v) is 2.66. The first-order valence-electron chi connectivity index (χ1n) is 6.44. The van der Waals surface area contributed by atoms with E-state index in [4.69, 9.17) is 9.84 Å². The van der Waals surface area contributed by atoms with Crippen molar-refractivity contribution in [3.05, 3.63) is 29.3 Å². The molecular formula is C14H21F2NO3. The summed E-state index contributed by atoms with van der Waals surface area (Å²) in [6.45, 7) is 3.76. The molecule has 0 radical (unpaired) electrons. The summed E-state index contributed by atoms with van der Waals surface area (Å²) in [7, 11) is 0. The highest BCUT2D eigenvalue weighted by Gasteiger charge is 2.16. The van der Waals surface area contributed by atoms with Gasteiger partial charge in [-0.2, -0.15) is 0 Å². The molecule has 0 fully saturated rings. The maximum absolute atomic E-state index is 12.0. The van der Waals surface area contributed by atoms with Crippen LogP contribution in [-0.2, 0) is 0 Å². The molecule has 2 unspecified atom stereocenters. The van der Waals surface area contributed by atoms with Gasteiger partial charge in [0.2, 0.25) is 0 Å². The van der Waals surface area contributed by atoms with Crippen LogP contribution in [0.2, 0.25) is 0 Å². The molecule has 0 spiro atoms. The Kier molecular flexibility index (Phi) is 6.84. The second-order valence-electron chi connectivity index (χ2n) is 4.85. The van der Waals surface area contributed by atoms with Crippen LogP contribution in [-0.4, -0.2) is 48.5 Å². The van der Waals surface area contributed by atoms with E-state index in [1.54, 1.807) is 0 Å². The standard InChI is InChI=1S/C14H21F2NO3/c1-9-3-10(2)5-12(4-9)20-8-11(18)6-17-7-13(19)14(15)16/h3-5,11,13-14,17-19H,6-8H2,1-2H3. The number of aryl methyl sites for hydroxylation is 2. The van der Waals surface area contributed by atoms with Crippen molar-refractivity contribution in [3.8, 4) is 5.75 Å². The summed E-state index contributed by atoms with van der Waals surface area (Å²) in [4.78, 5) is 0. The number of aliphatic hydroxyl groups excluding tert-OH is 2. The highest BCUT2D eigenvalue weighted by molar-refractivity contribution is 5.32. The molecule has 0 bridgehead atoms. The highest BCUT2D eigenvalue weighted by Crippen LogP contribution is 2.16. The van der Waals surface area contributed by atoms with Crippen molar-refractivity contribution in [1.29, 1.82) is 0 Å². The molecule has 3 N–H and O–H groups in total. The largest absolute Gasteiger partial charge is 0.491 e. The van der Waals surface area contributed by atoms with Crippen LogP contribution < -0.4 is 10.1 Å². The van der Waals surface area contributed by atoms with Crippen LogP contribution in [0.3, 0.4) is 0 Å². The van der Waals surface area contributed by atoms with Gasteiger partial charge in [0.25, 0.3) is 6.43 Å². The van der Waals surface area contributed by atoms with Crippen LogP contribution in [0.1, 0.15) is 11.1 Å². The molecule has 0 amide bonds. The number of hydrogen-bond donors (Lipinski definition) is 3. The van der Waals surface area contributed by atoms with E-state index in [2.05, 4.69) is 5.32 Å². The molecule has 2 atom stereocenters. The van der Waals surface area contributed by atoms with Gasteiger partial charge < -0.3 is 20.3 Å². The van der Waals surface area contributed by atoms with Crippen molar-refractivity contribution < 1.29 is 23.7 Å². The summed E-state index contributed by atoms with van der Waals surface area (Å²) in [6.07, 6.45) is -5.34. The fraction of sp³-hybridized carbons (Fsp3) is 0.571. The molecule has 0 heterocycles. The molecule has 0 aliphatic rings. The maximum atomic E-state index is 12.0. The van der Waals surface area contributed by atoms with Crippen molar-refractivity contribution in [2.45, 2.75) is 32.5 Å². The lowest BCUT2D eigenvalue weighted by Gasteiger charge is -2.15. The predicted molar refractivity (Wildman–Crippen MR) is 72.3 cm³/mol. The van der Waals surface area contributed by atoms with Crippen LogP contribution >= 0.6 is 0 Å². The van der Waals surface area contributed by atoms with Gasteiger partial charge in [0.1, 0.15) is 24.6 Å². The first kappa shape index (κ1) is 16.8. The number of aliphatic hydroxyl groups is 2. The number of benzene rings is 1. The average molecular weight is 289 g/mol. The van der Waals surface area contributed by atoms with Crippen LogP contribution in [0, 0.1) is 13.8 Å². The zero-order valence-corrected chi connectivity index (χ0v) is 11.6. The van der Waals surface area contributed by atoms with E-state index in [-0.39, 0.29) is 19.7 Å². The van der Waals surface area contributed by atoms with Gasteiger partial charge in [-0.05, 0) is 37.1 Å². The zero-order valence-electron chi connectivity index (χ0n) is 11.6. The van der Waals surface area contributed by atoms with E-state index < -0.39 is 18.6 Å². The van der Waals surface area contributed by atoms with E-state index in [0.717, 1.165) is 11.1 Å². The smallest absolute Gasteiger partial charge is 0.265 e. The number of ether oxygens (including phenoxy) is 1. The van der Waals surface area contributed by atoms with Gasteiger partial charge in [-0.3, -0.25) is 0 Å². The first-order chi connectivity index (χ1) is 9.38. The molecule has 6 heteroatoms. The molecule has 20 heavy (non-hydrogen) atoms. The molecule has 114 valence electrons. The molecule has 4 nitrogen and oxygen atoms in total. The van der Waals surface area contributed by atoms with Gasteiger partial charge in [0, 0.05) is 13.1 Å². The Balaban J connectivity index is 2.27. The number of rotatable bonds is 8. The number of nitrogens with one attached hydrogen (secondary N) is 1. The molecule has 1 aromatic rings. The van der Waals surface area contributed by atoms with E-state index >= 15 is 0 Å². The topological polar surface area (TPSA) is 61.7 Å². The Bertz CT molecular complexity index is 395. The molecule has 0 saturated carbocycles. The Labute approximate surface area is 117 Å². The molecule has 0 aromatic heterocycles. The SMILES string of the molecule is Cc1cc(C)cc(OCC(O)CNCC(O)C(F)F)c1. The van der Waals surface area contributed by atoms with Crippen molar-refractivity contribution in [1.82, 2.24) is 5.32 Å². The third kappa shape index (κ3) is 6.27. The fourth-order valence-corrected chi connectivity index (χ4v) is 1.75. The highest BCUT2D eigenvalue weighted by atomic mass is 19.3. The van der Waals surface area contributed by atoms with Crippen LogP contribution in [0.25, 0.3) is 0 Å². The Morgan fingerprint density at radius 1 is 1.10 bits per heavy atom. The van der Waals surface area contributed by atoms with Gasteiger partial charge in [-0.1, -0.05) is 6.07 Å². The van der Waals surface area contributed by atoms with Crippen molar-refractivity contribution >= 4 is 0 Å². The van der Waals surface area contributed by atoms with Gasteiger partial charge >= 0.3 is 0 Å². The van der Waals surface area contributed by atoms with E-state index in [1.807, 2.05) is 32.0 Å². The summed E-state index contributed by atoms with van der Waals surface area (Å²) in [5.41, 5.74) is 2.13. The Hall–Kier alpha value is -1.24. The summed E-state index contributed by atoms with van der Waals surface area (Å²) in [5, 5.41) is 21.1. The molecule has 1 rings (SSSR count). The van der Waals surface area contributed by atoms with Crippen LogP contribution in [0.4, 0.5) is 8.78 Å². The summed E-state index contributed by atoms with van der Waals surface area (Å²) in [5.74, 6) is 0.661. The lowest BCUT2D eigenvalue weighted by molar-refractivity contribution is -0.00529. The lowest BCUT2D eigenvalue weighted by atomic mass is 10.1. The summed E-state index contributed by atoms with van der Waals surface area (Å²) in [6, 6.07) is 5.72. The van der Waals surface area contributed by atoms with Crippen molar-refractivity contribution in [3.63, 3.8) is 0 Å². The minimum atomic E-state index is -2.79. The van der Waals surface area contributed by atoms with Crippen LogP contribution in [0.15, 0.2) is 18.2 Å². The molecular weight excluding hydrogens is 268 g/mol. The van der Waals surface area contributed by atoms with Gasteiger partial charge in [0.05, 0.1) is 0 Å². The van der Waals surface area contributed by atoms with E-state index in [0.29, 0.717) is 5.75 Å². The lowest BCUT2D eigenvalue weighted by Crippen LogP contribution is -2.38. The Morgan fingerprint density at radius 3 is 2.25 bits per heavy atom. The van der Waals surface area contributed by atoms with Crippen molar-refractivity contribution in [2.24, 2.45) is 0 Å². The fourth-order valence-electron chi connectivity index (χ4n) is 1.75. The first-order valence-corrected chi connectivity index (χ1v) is 6.44. The van der Waals surface area contributed by atoms with Gasteiger partial charge in [-0.25, -0.2) is 8.78 Å². The predicted octanol–water partition coefficient (Wildman–Crippen LogP) is 1.26. The minimum absolute atomic E-state index is 0.0562. The van der Waals surface area contributed by atoms with E-state index in [1.165, 1.54) is 0 Å². The van der Waals surface area contributed by atoms with E-state index in [9.17, 15) is 13.9 Å². The second-order valence-corrected chi connectivity index (χ2v) is 4.85. The van der Waals surface area contributed by atoms with Crippen LogP contribution in [0.5, 0.6) is 5.75 Å². The van der Waals surface area contributed by atoms with Crippen molar-refractivity contribution in [2.75, 3.05) is 19.7 Å². The molecule has 1 aromatic carbocycles. The third-order valence-electron chi connectivity index (χ3n) is 2.66. The number of alkyl halides is 2. The quantitative estimate of drug-likeness (QED) is 0.674. The zero-order chi connectivity index (χ0) is 15.1. The minimum Gasteiger partial charge on any atom is -0.491 e. The van der Waals surface area contributed by atoms with Gasteiger partial charge in [-0.15, -0.1) is 0 Å². The number of halogens is 2. The average Bonchev–Trinajstić information content (AvgIpc) is 2.35. The monoisotopic (exact) mass is 289 g/mol. The normalized spacial score (nSPS) is 14.3.